The molecule has 0 radical (unpaired) electrons. The Kier molecular flexibility index (Phi) is 6.86. The largest absolute Gasteiger partial charge is 0.497 e. The van der Waals surface area contributed by atoms with Gasteiger partial charge in [0.25, 0.3) is 0 Å². The molecular formula is C28H27N3O3S. The van der Waals surface area contributed by atoms with E-state index in [9.17, 15) is 4.79 Å². The summed E-state index contributed by atoms with van der Waals surface area (Å²) in [6.07, 6.45) is 1.85. The van der Waals surface area contributed by atoms with Crippen molar-refractivity contribution in [2.45, 2.75) is 23.9 Å². The molecule has 1 aromatic heterocycles. The molecule has 1 atom stereocenters. The van der Waals surface area contributed by atoms with Crippen LogP contribution >= 0.6 is 11.8 Å². The molecule has 1 aliphatic heterocycles. The van der Waals surface area contributed by atoms with E-state index in [-0.39, 0.29) is 11.9 Å². The summed E-state index contributed by atoms with van der Waals surface area (Å²) in [4.78, 5) is 15.3. The molecule has 6 nitrogen and oxygen atoms in total. The van der Waals surface area contributed by atoms with E-state index >= 15 is 0 Å². The molecule has 3 aromatic carbocycles. The molecule has 5 rings (SSSR count). The number of rotatable bonds is 7. The van der Waals surface area contributed by atoms with Gasteiger partial charge in [-0.25, -0.2) is 0 Å². The standard InChI is InChI=1S/C28H27N3O3S/c1-33-20-14-15-25(34-2)23(17-20)24-13-8-16-31(24)26(32)18-35-28-22-12-7-6-11-21(22)27(29-30-28)19-9-4-3-5-10-19/h3-7,9-12,14-15,17,24H,8,13,16,18H2,1-2H3/t24-/m1/s1. The number of hydrogen-bond donors (Lipinski definition) is 0. The van der Waals surface area contributed by atoms with Crippen molar-refractivity contribution in [2.75, 3.05) is 26.5 Å². The van der Waals surface area contributed by atoms with Crippen LogP contribution in [0.1, 0.15) is 24.4 Å². The van der Waals surface area contributed by atoms with E-state index in [2.05, 4.69) is 16.3 Å². The van der Waals surface area contributed by atoms with E-state index in [4.69, 9.17) is 9.47 Å². The number of aromatic nitrogens is 2. The predicted octanol–water partition coefficient (Wildman–Crippen LogP) is 5.77. The van der Waals surface area contributed by atoms with Crippen molar-refractivity contribution in [1.29, 1.82) is 0 Å². The van der Waals surface area contributed by atoms with Crippen molar-refractivity contribution in [3.63, 3.8) is 0 Å². The zero-order valence-electron chi connectivity index (χ0n) is 19.8. The molecule has 1 amide bonds. The van der Waals surface area contributed by atoms with Crippen LogP contribution < -0.4 is 9.47 Å². The van der Waals surface area contributed by atoms with E-state index in [0.717, 1.165) is 63.5 Å². The van der Waals surface area contributed by atoms with Gasteiger partial charge >= 0.3 is 0 Å². The Labute approximate surface area is 209 Å². The van der Waals surface area contributed by atoms with Crippen LogP contribution in [0.15, 0.2) is 77.8 Å². The number of methoxy groups -OCH3 is 2. The van der Waals surface area contributed by atoms with Crippen molar-refractivity contribution < 1.29 is 14.3 Å². The summed E-state index contributed by atoms with van der Waals surface area (Å²) >= 11 is 1.44. The molecule has 0 N–H and O–H groups in total. The summed E-state index contributed by atoms with van der Waals surface area (Å²) in [6.45, 7) is 0.726. The first-order valence-corrected chi connectivity index (χ1v) is 12.6. The minimum atomic E-state index is -0.0311. The highest BCUT2D eigenvalue weighted by molar-refractivity contribution is 8.00. The highest BCUT2D eigenvalue weighted by atomic mass is 32.2. The quantitative estimate of drug-likeness (QED) is 0.310. The van der Waals surface area contributed by atoms with E-state index in [1.54, 1.807) is 14.2 Å². The summed E-state index contributed by atoms with van der Waals surface area (Å²) in [5.41, 5.74) is 2.86. The van der Waals surface area contributed by atoms with Crippen molar-refractivity contribution in [1.82, 2.24) is 15.1 Å². The number of benzene rings is 3. The monoisotopic (exact) mass is 485 g/mol. The molecular weight excluding hydrogens is 458 g/mol. The fourth-order valence-corrected chi connectivity index (χ4v) is 5.55. The van der Waals surface area contributed by atoms with E-state index in [1.807, 2.05) is 71.6 Å². The molecule has 0 spiro atoms. The lowest BCUT2D eigenvalue weighted by Gasteiger charge is -2.26. The molecule has 1 fully saturated rings. The van der Waals surface area contributed by atoms with Crippen molar-refractivity contribution in [2.24, 2.45) is 0 Å². The van der Waals surface area contributed by atoms with Gasteiger partial charge in [0.15, 0.2) is 0 Å². The molecule has 4 aromatic rings. The summed E-state index contributed by atoms with van der Waals surface area (Å²) in [5.74, 6) is 1.92. The fourth-order valence-electron chi connectivity index (χ4n) is 4.70. The van der Waals surface area contributed by atoms with E-state index < -0.39 is 0 Å². The minimum Gasteiger partial charge on any atom is -0.497 e. The first-order chi connectivity index (χ1) is 17.2. The molecule has 7 heteroatoms. The molecule has 0 aliphatic carbocycles. The number of ether oxygens (including phenoxy) is 2. The first-order valence-electron chi connectivity index (χ1n) is 11.6. The maximum Gasteiger partial charge on any atom is 0.233 e. The summed E-state index contributed by atoms with van der Waals surface area (Å²) in [5, 5.41) is 11.8. The van der Waals surface area contributed by atoms with Crippen molar-refractivity contribution >= 4 is 28.4 Å². The SMILES string of the molecule is COc1ccc(OC)c([C@H]2CCCN2C(=O)CSc2nnc(-c3ccccc3)c3ccccc23)c1. The van der Waals surface area contributed by atoms with E-state index in [0.29, 0.717) is 5.75 Å². The molecule has 35 heavy (non-hydrogen) atoms. The van der Waals surface area contributed by atoms with Gasteiger partial charge in [0.2, 0.25) is 5.91 Å². The van der Waals surface area contributed by atoms with E-state index in [1.165, 1.54) is 11.8 Å². The molecule has 0 bridgehead atoms. The zero-order valence-corrected chi connectivity index (χ0v) is 20.6. The number of nitrogens with zero attached hydrogens (tertiary/aromatic N) is 3. The van der Waals surface area contributed by atoms with Gasteiger partial charge < -0.3 is 14.4 Å². The second-order valence-electron chi connectivity index (χ2n) is 8.41. The minimum absolute atomic E-state index is 0.0311. The third-order valence-corrected chi connectivity index (χ3v) is 7.37. The lowest BCUT2D eigenvalue weighted by atomic mass is 10.0. The topological polar surface area (TPSA) is 64.6 Å². The Morgan fingerprint density at radius 3 is 2.51 bits per heavy atom. The first kappa shape index (κ1) is 23.2. The molecule has 178 valence electrons. The van der Waals surface area contributed by atoms with Crippen LogP contribution in [0.2, 0.25) is 0 Å². The normalized spacial score (nSPS) is 15.4. The molecule has 0 unspecified atom stereocenters. The van der Waals surface area contributed by atoms with Crippen molar-refractivity contribution in [3.05, 3.63) is 78.4 Å². The van der Waals surface area contributed by atoms with Crippen LogP contribution in [-0.2, 0) is 4.79 Å². The number of fused-ring (bicyclic) bond motifs is 1. The Morgan fingerprint density at radius 2 is 1.74 bits per heavy atom. The zero-order chi connectivity index (χ0) is 24.2. The van der Waals surface area contributed by atoms with Crippen molar-refractivity contribution in [3.8, 4) is 22.8 Å². The molecule has 0 saturated carbocycles. The summed E-state index contributed by atoms with van der Waals surface area (Å²) in [6, 6.07) is 23.9. The van der Waals surface area contributed by atoms with Crippen LogP contribution in [0.3, 0.4) is 0 Å². The highest BCUT2D eigenvalue weighted by Gasteiger charge is 2.32. The maximum absolute atomic E-state index is 13.4. The van der Waals surface area contributed by atoms with Crippen LogP contribution in [-0.4, -0.2) is 47.5 Å². The lowest BCUT2D eigenvalue weighted by Crippen LogP contribution is -2.32. The Balaban J connectivity index is 1.38. The number of carbonyl (C=O) groups is 1. The van der Waals surface area contributed by atoms with Crippen LogP contribution in [0.4, 0.5) is 0 Å². The maximum atomic E-state index is 13.4. The fraction of sp³-hybridized carbons (Fsp3) is 0.250. The van der Waals surface area contributed by atoms with Crippen LogP contribution in [0.5, 0.6) is 11.5 Å². The van der Waals surface area contributed by atoms with Gasteiger partial charge in [-0.2, -0.15) is 0 Å². The number of likely N-dealkylation sites (tertiary alicyclic amines) is 1. The third-order valence-electron chi connectivity index (χ3n) is 6.40. The second kappa shape index (κ2) is 10.4. The van der Waals surface area contributed by atoms with Crippen LogP contribution in [0.25, 0.3) is 22.0 Å². The number of hydrogen-bond acceptors (Lipinski definition) is 6. The van der Waals surface area contributed by atoms with Gasteiger partial charge in [0.05, 0.1) is 26.0 Å². The van der Waals surface area contributed by atoms with Gasteiger partial charge in [-0.1, -0.05) is 66.4 Å². The third kappa shape index (κ3) is 4.68. The number of amides is 1. The summed E-state index contributed by atoms with van der Waals surface area (Å²) < 4.78 is 11.0. The smallest absolute Gasteiger partial charge is 0.233 e. The number of thioether (sulfide) groups is 1. The average molecular weight is 486 g/mol. The van der Waals surface area contributed by atoms with Gasteiger partial charge in [-0.15, -0.1) is 10.2 Å². The van der Waals surface area contributed by atoms with Gasteiger partial charge in [0.1, 0.15) is 22.2 Å². The summed E-state index contributed by atoms with van der Waals surface area (Å²) in [7, 11) is 3.30. The Bertz CT molecular complexity index is 1350. The van der Waals surface area contributed by atoms with Gasteiger partial charge in [-0.05, 0) is 31.0 Å². The van der Waals surface area contributed by atoms with Crippen LogP contribution in [0, 0.1) is 0 Å². The molecule has 1 aliphatic rings. The predicted molar refractivity (Wildman–Crippen MR) is 139 cm³/mol. The van der Waals surface area contributed by atoms with Gasteiger partial charge in [-0.3, -0.25) is 4.79 Å². The number of carbonyl (C=O) groups excluding carboxylic acids is 1. The molecule has 1 saturated heterocycles. The molecule has 2 heterocycles. The average Bonchev–Trinajstić information content (AvgIpc) is 3.41. The van der Waals surface area contributed by atoms with Gasteiger partial charge in [0, 0.05) is 28.4 Å². The Hall–Kier alpha value is -3.58. The Morgan fingerprint density at radius 1 is 0.971 bits per heavy atom. The lowest BCUT2D eigenvalue weighted by molar-refractivity contribution is -0.129. The second-order valence-corrected chi connectivity index (χ2v) is 9.37. The highest BCUT2D eigenvalue weighted by Crippen LogP contribution is 2.40.